The summed E-state index contributed by atoms with van der Waals surface area (Å²) in [7, 11) is -3.45. The van der Waals surface area contributed by atoms with Crippen LogP contribution in [0.5, 0.6) is 0 Å². The largest absolute Gasteiger partial charge is 0.339 e. The number of sulfone groups is 1. The normalized spacial score (nSPS) is 18.0. The zero-order valence-corrected chi connectivity index (χ0v) is 14.7. The second kappa shape index (κ2) is 5.96. The van der Waals surface area contributed by atoms with Crippen molar-refractivity contribution in [1.29, 1.82) is 0 Å². The number of anilines is 3. The molecule has 4 rings (SSSR count). The number of benzene rings is 1. The molecule has 0 bridgehead atoms. The summed E-state index contributed by atoms with van der Waals surface area (Å²) in [6.45, 7) is 0. The molecule has 2 aliphatic rings. The lowest BCUT2D eigenvalue weighted by Gasteiger charge is -2.20. The van der Waals surface area contributed by atoms with Crippen LogP contribution in [0.2, 0.25) is 5.28 Å². The minimum Gasteiger partial charge on any atom is -0.339 e. The van der Waals surface area contributed by atoms with Crippen molar-refractivity contribution in [2.24, 2.45) is 0 Å². The van der Waals surface area contributed by atoms with E-state index >= 15 is 0 Å². The third-order valence-corrected chi connectivity index (χ3v) is 6.36. The number of hydrogen-bond donors (Lipinski definition) is 2. The number of aromatic nitrogens is 2. The van der Waals surface area contributed by atoms with Crippen molar-refractivity contribution in [2.45, 2.75) is 30.6 Å². The first-order chi connectivity index (χ1) is 11.9. The number of nitrogens with zero attached hydrogens (tertiary/aromatic N) is 2. The molecule has 3 heterocycles. The van der Waals surface area contributed by atoms with Crippen LogP contribution in [0.3, 0.4) is 0 Å². The highest BCUT2D eigenvalue weighted by Gasteiger charge is 2.30. The lowest BCUT2D eigenvalue weighted by Crippen LogP contribution is -2.21. The second-order valence-electron chi connectivity index (χ2n) is 6.08. The van der Waals surface area contributed by atoms with Gasteiger partial charge in [0.25, 0.3) is 0 Å². The summed E-state index contributed by atoms with van der Waals surface area (Å²) in [5.74, 6) is 0.214. The number of amides is 1. The molecule has 1 amide bonds. The van der Waals surface area contributed by atoms with Gasteiger partial charge in [0, 0.05) is 17.8 Å². The van der Waals surface area contributed by atoms with Gasteiger partial charge in [0.2, 0.25) is 11.2 Å². The van der Waals surface area contributed by atoms with Gasteiger partial charge in [-0.15, -0.1) is 0 Å². The number of carbonyl (C=O) groups excluding carboxylic acids is 1. The van der Waals surface area contributed by atoms with Gasteiger partial charge in [-0.2, -0.15) is 4.98 Å². The molecule has 2 N–H and O–H groups in total. The van der Waals surface area contributed by atoms with Gasteiger partial charge in [0.1, 0.15) is 4.90 Å². The van der Waals surface area contributed by atoms with Gasteiger partial charge in [0.05, 0.1) is 11.4 Å². The Morgan fingerprint density at radius 3 is 2.84 bits per heavy atom. The molecule has 0 radical (unpaired) electrons. The highest BCUT2D eigenvalue weighted by molar-refractivity contribution is 7.91. The number of fused-ring (bicyclic) bond motifs is 2. The number of halogens is 1. The Labute approximate surface area is 149 Å². The van der Waals surface area contributed by atoms with Crippen LogP contribution in [0, 0.1) is 0 Å². The zero-order valence-electron chi connectivity index (χ0n) is 13.2. The van der Waals surface area contributed by atoms with Crippen LogP contribution in [0.25, 0.3) is 0 Å². The Morgan fingerprint density at radius 2 is 2.00 bits per heavy atom. The molecular weight excluding hydrogens is 364 g/mol. The molecule has 0 atom stereocenters. The van der Waals surface area contributed by atoms with E-state index in [0.29, 0.717) is 37.1 Å². The van der Waals surface area contributed by atoms with Gasteiger partial charge < -0.3 is 10.6 Å². The Kier molecular flexibility index (Phi) is 3.88. The molecule has 1 aromatic carbocycles. The molecule has 25 heavy (non-hydrogen) atoms. The molecule has 9 heteroatoms. The summed E-state index contributed by atoms with van der Waals surface area (Å²) in [6, 6.07) is 5.50. The summed E-state index contributed by atoms with van der Waals surface area (Å²) >= 11 is 5.96. The summed E-state index contributed by atoms with van der Waals surface area (Å²) in [4.78, 5) is 19.8. The highest BCUT2D eigenvalue weighted by atomic mass is 35.5. The molecule has 1 aromatic heterocycles. The van der Waals surface area contributed by atoms with Crippen LogP contribution in [0.15, 0.2) is 23.1 Å². The SMILES string of the molecule is O=C1CCc2ccc(Nc3nc(Cl)nc4c3S(=O)(=O)CCC4)cc2N1. The third kappa shape index (κ3) is 3.07. The van der Waals surface area contributed by atoms with Crippen LogP contribution in [0.4, 0.5) is 17.2 Å². The molecule has 2 aromatic rings. The van der Waals surface area contributed by atoms with Crippen LogP contribution >= 0.6 is 11.6 Å². The lowest BCUT2D eigenvalue weighted by atomic mass is 10.0. The summed E-state index contributed by atoms with van der Waals surface area (Å²) < 4.78 is 24.9. The van der Waals surface area contributed by atoms with Crippen molar-refractivity contribution in [2.75, 3.05) is 16.4 Å². The molecule has 0 unspecified atom stereocenters. The first-order valence-corrected chi connectivity index (χ1v) is 9.94. The van der Waals surface area contributed by atoms with Crippen LogP contribution in [-0.4, -0.2) is 30.0 Å². The standard InChI is InChI=1S/C16H15ClN4O3S/c17-16-20-11-2-1-7-25(23,24)14(11)15(21-16)18-10-5-3-9-4-6-13(22)19-12(9)8-10/h3,5,8H,1-2,4,6-7H2,(H,19,22)(H,18,20,21). The predicted octanol–water partition coefficient (Wildman–Crippen LogP) is 2.48. The molecule has 0 fully saturated rings. The lowest BCUT2D eigenvalue weighted by molar-refractivity contribution is -0.116. The van der Waals surface area contributed by atoms with Crippen molar-refractivity contribution in [3.8, 4) is 0 Å². The molecule has 0 spiro atoms. The number of carbonyl (C=O) groups is 1. The van der Waals surface area contributed by atoms with Gasteiger partial charge in [-0.25, -0.2) is 13.4 Å². The van der Waals surface area contributed by atoms with Crippen LogP contribution in [0.1, 0.15) is 24.1 Å². The van der Waals surface area contributed by atoms with Crippen molar-refractivity contribution in [3.05, 3.63) is 34.7 Å². The topological polar surface area (TPSA) is 101 Å². The maximum absolute atomic E-state index is 12.5. The van der Waals surface area contributed by atoms with Gasteiger partial charge in [-0.05, 0) is 48.6 Å². The first-order valence-electron chi connectivity index (χ1n) is 7.91. The Balaban J connectivity index is 1.76. The molecule has 130 valence electrons. The van der Waals surface area contributed by atoms with Gasteiger partial charge in [-0.3, -0.25) is 4.79 Å². The average molecular weight is 379 g/mol. The first kappa shape index (κ1) is 16.3. The highest BCUT2D eigenvalue weighted by Crippen LogP contribution is 2.33. The van der Waals surface area contributed by atoms with E-state index in [1.54, 1.807) is 6.07 Å². The van der Waals surface area contributed by atoms with E-state index in [-0.39, 0.29) is 27.7 Å². The van der Waals surface area contributed by atoms with E-state index in [1.807, 2.05) is 12.1 Å². The van der Waals surface area contributed by atoms with E-state index in [9.17, 15) is 13.2 Å². The molecule has 0 saturated heterocycles. The van der Waals surface area contributed by atoms with Crippen LogP contribution < -0.4 is 10.6 Å². The molecule has 2 aliphatic heterocycles. The van der Waals surface area contributed by atoms with Gasteiger partial charge >= 0.3 is 0 Å². The van der Waals surface area contributed by atoms with Gasteiger partial charge in [0.15, 0.2) is 15.7 Å². The molecule has 0 aliphatic carbocycles. The van der Waals surface area contributed by atoms with E-state index in [4.69, 9.17) is 11.6 Å². The summed E-state index contributed by atoms with van der Waals surface area (Å²) in [5, 5.41) is 5.85. The van der Waals surface area contributed by atoms with Crippen molar-refractivity contribution in [3.63, 3.8) is 0 Å². The Bertz CT molecular complexity index is 991. The number of rotatable bonds is 2. The predicted molar refractivity (Wildman–Crippen MR) is 94.1 cm³/mol. The van der Waals surface area contributed by atoms with Crippen LogP contribution in [-0.2, 0) is 27.5 Å². The Morgan fingerprint density at radius 1 is 1.16 bits per heavy atom. The van der Waals surface area contributed by atoms with Gasteiger partial charge in [-0.1, -0.05) is 6.07 Å². The minimum atomic E-state index is -3.45. The van der Waals surface area contributed by atoms with E-state index < -0.39 is 9.84 Å². The summed E-state index contributed by atoms with van der Waals surface area (Å²) in [5.41, 5.74) is 2.83. The minimum absolute atomic E-state index is 0.00427. The fourth-order valence-corrected chi connectivity index (χ4v) is 4.98. The molecular formula is C16H15ClN4O3S. The third-order valence-electron chi connectivity index (χ3n) is 4.31. The van der Waals surface area contributed by atoms with E-state index in [1.165, 1.54) is 0 Å². The van der Waals surface area contributed by atoms with E-state index in [0.717, 1.165) is 11.3 Å². The second-order valence-corrected chi connectivity index (χ2v) is 8.47. The zero-order chi connectivity index (χ0) is 17.6. The fourth-order valence-electron chi connectivity index (χ4n) is 3.17. The summed E-state index contributed by atoms with van der Waals surface area (Å²) in [6.07, 6.45) is 2.22. The molecule has 0 saturated carbocycles. The quantitative estimate of drug-likeness (QED) is 0.778. The average Bonchev–Trinajstić information content (AvgIpc) is 2.53. The number of hydrogen-bond acceptors (Lipinski definition) is 6. The maximum atomic E-state index is 12.5. The van der Waals surface area contributed by atoms with Crippen molar-refractivity contribution >= 4 is 44.5 Å². The number of nitrogens with one attached hydrogen (secondary N) is 2. The smallest absolute Gasteiger partial charge is 0.224 e. The Hall–Kier alpha value is -2.19. The molecule has 7 nitrogen and oxygen atoms in total. The van der Waals surface area contributed by atoms with Crippen molar-refractivity contribution in [1.82, 2.24) is 9.97 Å². The number of aryl methyl sites for hydroxylation is 2. The van der Waals surface area contributed by atoms with E-state index in [2.05, 4.69) is 20.6 Å². The maximum Gasteiger partial charge on any atom is 0.224 e. The van der Waals surface area contributed by atoms with Crippen molar-refractivity contribution < 1.29 is 13.2 Å². The monoisotopic (exact) mass is 378 g/mol. The fraction of sp³-hybridized carbons (Fsp3) is 0.312.